The van der Waals surface area contributed by atoms with Crippen molar-refractivity contribution in [1.29, 1.82) is 0 Å². The van der Waals surface area contributed by atoms with E-state index in [-0.39, 0.29) is 12.1 Å². The Labute approximate surface area is 240 Å². The van der Waals surface area contributed by atoms with Crippen LogP contribution in [-0.4, -0.2) is 47.1 Å². The average molecular weight is 574 g/mol. The molecule has 0 spiro atoms. The number of pyridine rings is 2. The first kappa shape index (κ1) is 28.4. The van der Waals surface area contributed by atoms with Gasteiger partial charge < -0.3 is 15.2 Å². The van der Waals surface area contributed by atoms with Gasteiger partial charge in [-0.2, -0.15) is 0 Å². The Balaban J connectivity index is 1.65. The van der Waals surface area contributed by atoms with Crippen LogP contribution in [0.4, 0.5) is 5.82 Å². The number of fused-ring (bicyclic) bond motifs is 1. The fourth-order valence-electron chi connectivity index (χ4n) is 5.43. The normalized spacial score (nSPS) is 14.2. The van der Waals surface area contributed by atoms with Gasteiger partial charge in [0.1, 0.15) is 5.82 Å². The summed E-state index contributed by atoms with van der Waals surface area (Å²) in [7, 11) is 0.0160. The van der Waals surface area contributed by atoms with Gasteiger partial charge in [0.15, 0.2) is 0 Å². The number of benzene rings is 1. The van der Waals surface area contributed by atoms with E-state index in [2.05, 4.69) is 21.9 Å². The maximum atomic E-state index is 14.0. The van der Waals surface area contributed by atoms with Crippen molar-refractivity contribution in [3.05, 3.63) is 93.7 Å². The van der Waals surface area contributed by atoms with Crippen LogP contribution in [0.15, 0.2) is 60.2 Å². The molecule has 41 heavy (non-hydrogen) atoms. The van der Waals surface area contributed by atoms with Crippen molar-refractivity contribution in [2.45, 2.75) is 51.3 Å². The Bertz CT molecular complexity index is 1850. The summed E-state index contributed by atoms with van der Waals surface area (Å²) in [5.41, 5.74) is 4.57. The number of nitrogens with one attached hydrogen (secondary N) is 2. The Kier molecular flexibility index (Phi) is 7.15. The van der Waals surface area contributed by atoms with Crippen LogP contribution in [0.5, 0.6) is 0 Å². The van der Waals surface area contributed by atoms with E-state index in [0.717, 1.165) is 22.6 Å². The van der Waals surface area contributed by atoms with Crippen LogP contribution in [0.1, 0.15) is 52.0 Å². The number of allylic oxidation sites excluding steroid dienone is 1. The number of rotatable bonds is 9. The molecule has 0 bridgehead atoms. The lowest BCUT2D eigenvalue weighted by atomic mass is 9.99. The Hall–Kier alpha value is -4.18. The van der Waals surface area contributed by atoms with Gasteiger partial charge >= 0.3 is 0 Å². The predicted molar refractivity (Wildman–Crippen MR) is 163 cm³/mol. The molecule has 3 aromatic heterocycles. The van der Waals surface area contributed by atoms with Crippen LogP contribution in [0.3, 0.4) is 0 Å². The minimum absolute atomic E-state index is 0.0333. The number of aromatic amines is 1. The van der Waals surface area contributed by atoms with Gasteiger partial charge in [-0.1, -0.05) is 6.08 Å². The predicted octanol–water partition coefficient (Wildman–Crippen LogP) is 4.60. The van der Waals surface area contributed by atoms with Crippen LogP contribution < -0.4 is 15.8 Å². The lowest BCUT2D eigenvalue weighted by molar-refractivity contribution is 0.0952. The second-order valence-corrected chi connectivity index (χ2v) is 13.3. The van der Waals surface area contributed by atoms with E-state index in [1.807, 2.05) is 50.2 Å². The molecule has 0 saturated heterocycles. The molecule has 0 unspecified atom stereocenters. The van der Waals surface area contributed by atoms with Gasteiger partial charge in [0.25, 0.3) is 11.5 Å². The fraction of sp³-hybridized carbons (Fsp3) is 0.323. The summed E-state index contributed by atoms with van der Waals surface area (Å²) >= 11 is 0. The molecule has 5 rings (SSSR count). The minimum atomic E-state index is -3.78. The van der Waals surface area contributed by atoms with E-state index in [9.17, 15) is 18.0 Å². The van der Waals surface area contributed by atoms with Gasteiger partial charge in [-0.25, -0.2) is 17.4 Å². The molecule has 1 amide bonds. The third kappa shape index (κ3) is 4.97. The highest BCUT2D eigenvalue weighted by atomic mass is 32.2. The molecular weight excluding hydrogens is 538 g/mol. The molecule has 0 aliphatic heterocycles. The molecule has 9 nitrogen and oxygen atoms in total. The van der Waals surface area contributed by atoms with Crippen molar-refractivity contribution in [3.8, 4) is 11.1 Å². The van der Waals surface area contributed by atoms with Crippen LogP contribution >= 0.6 is 0 Å². The topological polar surface area (TPSA) is 117 Å². The summed E-state index contributed by atoms with van der Waals surface area (Å²) in [5, 5.41) is 3.45. The zero-order chi connectivity index (χ0) is 29.7. The van der Waals surface area contributed by atoms with Crippen molar-refractivity contribution in [3.63, 3.8) is 0 Å². The van der Waals surface area contributed by atoms with Crippen LogP contribution in [0.2, 0.25) is 0 Å². The van der Waals surface area contributed by atoms with Crippen molar-refractivity contribution in [2.24, 2.45) is 0 Å². The zero-order valence-corrected chi connectivity index (χ0v) is 24.9. The first-order valence-electron chi connectivity index (χ1n) is 13.5. The molecule has 214 valence electrons. The first-order chi connectivity index (χ1) is 19.4. The number of hydrogen-bond donors (Lipinski definition) is 2. The summed E-state index contributed by atoms with van der Waals surface area (Å²) in [4.78, 5) is 35.5. The lowest BCUT2D eigenvalue weighted by Gasteiger charge is -2.17. The molecule has 1 fully saturated rings. The number of nitrogens with zero attached hydrogens (tertiary/aromatic N) is 3. The molecule has 3 heterocycles. The van der Waals surface area contributed by atoms with Gasteiger partial charge in [-0.15, -0.1) is 6.58 Å². The standard InChI is InChI=1S/C31H35N5O4S/c1-7-10-31(11-12-31)41(39,40)36-18-20(3)28-24(29(37)33-17-25-19(2)13-21(4)34-30(25)38)14-23(15-26(28)36)22-8-9-27(32-16-22)35(5)6/h7-9,13-16,18H,1,10-12,17H2,2-6H3,(H,33,37)(H,34,38). The fourth-order valence-corrected chi connectivity index (χ4v) is 7.50. The second-order valence-electron chi connectivity index (χ2n) is 11.1. The molecule has 4 aromatic rings. The van der Waals surface area contributed by atoms with Crippen molar-refractivity contribution in [2.75, 3.05) is 19.0 Å². The highest BCUT2D eigenvalue weighted by Crippen LogP contribution is 2.49. The van der Waals surface area contributed by atoms with Crippen molar-refractivity contribution >= 4 is 32.7 Å². The Morgan fingerprint density at radius 3 is 2.46 bits per heavy atom. The summed E-state index contributed by atoms with van der Waals surface area (Å²) < 4.78 is 28.4. The largest absolute Gasteiger partial charge is 0.363 e. The number of carbonyl (C=O) groups excluding carboxylic acids is 1. The Morgan fingerprint density at radius 2 is 1.88 bits per heavy atom. The highest BCUT2D eigenvalue weighted by molar-refractivity contribution is 7.91. The zero-order valence-electron chi connectivity index (χ0n) is 24.0. The first-order valence-corrected chi connectivity index (χ1v) is 15.0. The minimum Gasteiger partial charge on any atom is -0.363 e. The number of hydrogen-bond acceptors (Lipinski definition) is 6. The summed E-state index contributed by atoms with van der Waals surface area (Å²) in [6.45, 7) is 9.25. The van der Waals surface area contributed by atoms with Gasteiger partial charge in [0.05, 0.1) is 10.3 Å². The molecule has 0 radical (unpaired) electrons. The van der Waals surface area contributed by atoms with Gasteiger partial charge in [0, 0.05) is 60.8 Å². The quantitative estimate of drug-likeness (QED) is 0.283. The molecule has 1 aliphatic rings. The lowest BCUT2D eigenvalue weighted by Crippen LogP contribution is -2.29. The van der Waals surface area contributed by atoms with E-state index in [1.165, 1.54) is 3.97 Å². The maximum Gasteiger partial charge on any atom is 0.253 e. The Morgan fingerprint density at radius 1 is 1.15 bits per heavy atom. The maximum absolute atomic E-state index is 14.0. The molecule has 1 aliphatic carbocycles. The summed E-state index contributed by atoms with van der Waals surface area (Å²) in [5.74, 6) is 0.368. The van der Waals surface area contributed by atoms with Crippen LogP contribution in [0, 0.1) is 20.8 Å². The molecule has 1 aromatic carbocycles. The highest BCUT2D eigenvalue weighted by Gasteiger charge is 2.54. The van der Waals surface area contributed by atoms with Crippen molar-refractivity contribution in [1.82, 2.24) is 19.3 Å². The number of carbonyl (C=O) groups is 1. The smallest absolute Gasteiger partial charge is 0.253 e. The van der Waals surface area contributed by atoms with E-state index in [0.29, 0.717) is 52.4 Å². The van der Waals surface area contributed by atoms with E-state index in [1.54, 1.807) is 38.4 Å². The SMILES string of the molecule is C=CCC1(S(=O)(=O)n2cc(C)c3c(C(=O)NCc4c(C)cc(C)[nH]c4=O)cc(-c4ccc(N(C)C)nc4)cc32)CC1. The number of anilines is 1. The number of amides is 1. The average Bonchev–Trinajstić information content (AvgIpc) is 3.64. The third-order valence-electron chi connectivity index (χ3n) is 7.89. The second kappa shape index (κ2) is 10.3. The molecule has 0 atom stereocenters. The van der Waals surface area contributed by atoms with Gasteiger partial charge in [-0.3, -0.25) is 9.59 Å². The monoisotopic (exact) mass is 573 g/mol. The van der Waals surface area contributed by atoms with E-state index < -0.39 is 20.7 Å². The van der Waals surface area contributed by atoms with Gasteiger partial charge in [-0.05, 0) is 87.1 Å². The van der Waals surface area contributed by atoms with E-state index in [4.69, 9.17) is 0 Å². The van der Waals surface area contributed by atoms with Gasteiger partial charge in [0.2, 0.25) is 10.0 Å². The molecule has 10 heteroatoms. The van der Waals surface area contributed by atoms with Crippen molar-refractivity contribution < 1.29 is 13.2 Å². The third-order valence-corrected chi connectivity index (χ3v) is 10.4. The number of aryl methyl sites for hydroxylation is 3. The molecular formula is C31H35N5O4S. The number of aromatic nitrogens is 3. The molecule has 1 saturated carbocycles. The van der Waals surface area contributed by atoms with Crippen LogP contribution in [0.25, 0.3) is 22.0 Å². The number of H-pyrrole nitrogens is 1. The van der Waals surface area contributed by atoms with E-state index >= 15 is 0 Å². The summed E-state index contributed by atoms with van der Waals surface area (Å²) in [6, 6.07) is 9.20. The van der Waals surface area contributed by atoms with Crippen LogP contribution in [-0.2, 0) is 16.6 Å². The summed E-state index contributed by atoms with van der Waals surface area (Å²) in [6.07, 6.45) is 6.45. The molecule has 2 N–H and O–H groups in total.